The Morgan fingerprint density at radius 1 is 1.20 bits per heavy atom. The fourth-order valence-corrected chi connectivity index (χ4v) is 2.86. The predicted octanol–water partition coefficient (Wildman–Crippen LogP) is 4.16. The number of hydrogen-bond acceptors (Lipinski definition) is 1. The smallest absolute Gasteiger partial charge is 0.00768 e. The number of halogens is 1. The minimum absolute atomic E-state index is 0.393. The van der Waals surface area contributed by atoms with E-state index in [0.29, 0.717) is 11.5 Å². The van der Waals surface area contributed by atoms with E-state index in [1.165, 1.54) is 19.5 Å². The van der Waals surface area contributed by atoms with Crippen LogP contribution in [-0.4, -0.2) is 29.4 Å². The van der Waals surface area contributed by atoms with Gasteiger partial charge in [0.2, 0.25) is 0 Å². The fourth-order valence-electron chi connectivity index (χ4n) is 1.68. The summed E-state index contributed by atoms with van der Waals surface area (Å²) < 4.78 is 0. The van der Waals surface area contributed by atoms with Gasteiger partial charge in [-0.15, -0.1) is 0 Å². The van der Waals surface area contributed by atoms with Crippen LogP contribution in [0.1, 0.15) is 48.0 Å². The Morgan fingerprint density at radius 2 is 1.73 bits per heavy atom. The second-order valence-corrected chi connectivity index (χ2v) is 6.45. The molecule has 1 atom stereocenters. The zero-order valence-corrected chi connectivity index (χ0v) is 12.9. The molecule has 0 aliphatic rings. The maximum atomic E-state index is 3.65. The molecule has 0 saturated carbocycles. The normalized spacial score (nSPS) is 15.0. The molecule has 0 aromatic carbocycles. The summed E-state index contributed by atoms with van der Waals surface area (Å²) in [5, 5.41) is 1.10. The van der Waals surface area contributed by atoms with Gasteiger partial charge in [0, 0.05) is 17.9 Å². The van der Waals surface area contributed by atoms with Crippen molar-refractivity contribution in [2.24, 2.45) is 11.3 Å². The van der Waals surface area contributed by atoms with Crippen molar-refractivity contribution in [1.29, 1.82) is 0 Å². The molecule has 0 aliphatic heterocycles. The third-order valence-corrected chi connectivity index (χ3v) is 3.89. The van der Waals surface area contributed by atoms with Crippen LogP contribution in [0.15, 0.2) is 0 Å². The van der Waals surface area contributed by atoms with Crippen LogP contribution in [0.5, 0.6) is 0 Å². The Kier molecular flexibility index (Phi) is 7.10. The molecule has 0 spiro atoms. The van der Waals surface area contributed by atoms with Crippen molar-refractivity contribution >= 4 is 15.9 Å². The van der Waals surface area contributed by atoms with E-state index in [4.69, 9.17) is 0 Å². The topological polar surface area (TPSA) is 3.24 Å². The van der Waals surface area contributed by atoms with Gasteiger partial charge >= 0.3 is 0 Å². The first-order valence-electron chi connectivity index (χ1n) is 6.12. The molecule has 1 unspecified atom stereocenters. The van der Waals surface area contributed by atoms with E-state index < -0.39 is 0 Å². The highest BCUT2D eigenvalue weighted by atomic mass is 79.9. The minimum atomic E-state index is 0.393. The van der Waals surface area contributed by atoms with E-state index in [-0.39, 0.29) is 0 Å². The molecular weight excluding hydrogens is 250 g/mol. The number of rotatable bonds is 6. The molecule has 2 heteroatoms. The summed E-state index contributed by atoms with van der Waals surface area (Å²) in [6, 6.07) is 0.661. The molecule has 0 radical (unpaired) electrons. The molecule has 0 fully saturated rings. The van der Waals surface area contributed by atoms with E-state index in [1.807, 2.05) is 0 Å². The summed E-state index contributed by atoms with van der Waals surface area (Å²) in [6.07, 6.45) is 1.25. The van der Waals surface area contributed by atoms with Crippen molar-refractivity contribution in [2.45, 2.75) is 54.0 Å². The fraction of sp³-hybridized carbons (Fsp3) is 1.00. The molecule has 0 N–H and O–H groups in total. The standard InChI is InChI=1S/C13H28BrN/c1-7-8-15(11(2)3)10-12(9-14)13(4,5)6/h11-12H,7-10H2,1-6H3. The van der Waals surface area contributed by atoms with Gasteiger partial charge in [0.15, 0.2) is 0 Å². The quantitative estimate of drug-likeness (QED) is 0.659. The molecular formula is C13H28BrN. The van der Waals surface area contributed by atoms with Crippen molar-refractivity contribution in [3.63, 3.8) is 0 Å². The lowest BCUT2D eigenvalue weighted by Gasteiger charge is -2.36. The molecule has 1 nitrogen and oxygen atoms in total. The number of nitrogens with zero attached hydrogens (tertiary/aromatic N) is 1. The molecule has 0 aromatic heterocycles. The van der Waals surface area contributed by atoms with Crippen LogP contribution in [0.4, 0.5) is 0 Å². The molecule has 0 saturated heterocycles. The van der Waals surface area contributed by atoms with E-state index in [0.717, 1.165) is 11.2 Å². The molecule has 15 heavy (non-hydrogen) atoms. The Bertz CT molecular complexity index is 160. The van der Waals surface area contributed by atoms with Crippen molar-refractivity contribution in [3.05, 3.63) is 0 Å². The highest BCUT2D eigenvalue weighted by Crippen LogP contribution is 2.28. The van der Waals surface area contributed by atoms with Crippen molar-refractivity contribution in [2.75, 3.05) is 18.4 Å². The zero-order valence-electron chi connectivity index (χ0n) is 11.3. The zero-order chi connectivity index (χ0) is 12.1. The predicted molar refractivity (Wildman–Crippen MR) is 73.7 cm³/mol. The lowest BCUT2D eigenvalue weighted by atomic mass is 9.81. The average Bonchev–Trinajstić information content (AvgIpc) is 2.09. The monoisotopic (exact) mass is 277 g/mol. The van der Waals surface area contributed by atoms with Gasteiger partial charge in [0.1, 0.15) is 0 Å². The van der Waals surface area contributed by atoms with Gasteiger partial charge in [-0.1, -0.05) is 43.6 Å². The molecule has 0 amide bonds. The van der Waals surface area contributed by atoms with Gasteiger partial charge in [-0.2, -0.15) is 0 Å². The van der Waals surface area contributed by atoms with Crippen LogP contribution < -0.4 is 0 Å². The van der Waals surface area contributed by atoms with Crippen LogP contribution in [0.2, 0.25) is 0 Å². The summed E-state index contributed by atoms with van der Waals surface area (Å²) in [7, 11) is 0. The van der Waals surface area contributed by atoms with E-state index in [1.54, 1.807) is 0 Å². The SMILES string of the molecule is CCCN(CC(CBr)C(C)(C)C)C(C)C. The summed E-state index contributed by atoms with van der Waals surface area (Å²) in [5.41, 5.74) is 0.393. The van der Waals surface area contributed by atoms with Gasteiger partial charge in [-0.05, 0) is 38.1 Å². The largest absolute Gasteiger partial charge is 0.301 e. The summed E-state index contributed by atoms with van der Waals surface area (Å²) in [5.74, 6) is 0.728. The van der Waals surface area contributed by atoms with E-state index >= 15 is 0 Å². The van der Waals surface area contributed by atoms with Gasteiger partial charge in [0.05, 0.1) is 0 Å². The Labute approximate surface area is 105 Å². The van der Waals surface area contributed by atoms with Crippen LogP contribution in [0.25, 0.3) is 0 Å². The molecule has 0 bridgehead atoms. The third-order valence-electron chi connectivity index (χ3n) is 3.11. The lowest BCUT2D eigenvalue weighted by Crippen LogP contribution is -2.40. The second kappa shape index (κ2) is 6.90. The average molecular weight is 278 g/mol. The van der Waals surface area contributed by atoms with Gasteiger partial charge in [-0.3, -0.25) is 0 Å². The minimum Gasteiger partial charge on any atom is -0.301 e. The summed E-state index contributed by atoms with van der Waals surface area (Å²) >= 11 is 3.65. The van der Waals surface area contributed by atoms with Gasteiger partial charge in [-0.25, -0.2) is 0 Å². The Balaban J connectivity index is 4.35. The maximum absolute atomic E-state index is 3.65. The number of alkyl halides is 1. The third kappa shape index (κ3) is 5.91. The van der Waals surface area contributed by atoms with Gasteiger partial charge < -0.3 is 4.90 Å². The summed E-state index contributed by atoms with van der Waals surface area (Å²) in [6.45, 7) is 16.3. The number of hydrogen-bond donors (Lipinski definition) is 0. The van der Waals surface area contributed by atoms with Gasteiger partial charge in [0.25, 0.3) is 0 Å². The first-order chi connectivity index (χ1) is 6.82. The van der Waals surface area contributed by atoms with Crippen LogP contribution in [-0.2, 0) is 0 Å². The van der Waals surface area contributed by atoms with Crippen molar-refractivity contribution in [1.82, 2.24) is 4.90 Å². The molecule has 0 aromatic rings. The molecule has 0 rings (SSSR count). The molecule has 0 aliphatic carbocycles. The van der Waals surface area contributed by atoms with Crippen LogP contribution in [0, 0.1) is 11.3 Å². The van der Waals surface area contributed by atoms with Crippen molar-refractivity contribution < 1.29 is 0 Å². The first kappa shape index (κ1) is 15.4. The Morgan fingerprint density at radius 3 is 2.00 bits per heavy atom. The van der Waals surface area contributed by atoms with Crippen LogP contribution in [0.3, 0.4) is 0 Å². The molecule has 0 heterocycles. The first-order valence-corrected chi connectivity index (χ1v) is 7.25. The maximum Gasteiger partial charge on any atom is 0.00768 e. The highest BCUT2D eigenvalue weighted by Gasteiger charge is 2.26. The second-order valence-electron chi connectivity index (χ2n) is 5.81. The Hall–Kier alpha value is 0.440. The van der Waals surface area contributed by atoms with E-state index in [2.05, 4.69) is 62.4 Å². The highest BCUT2D eigenvalue weighted by molar-refractivity contribution is 9.09. The van der Waals surface area contributed by atoms with E-state index in [9.17, 15) is 0 Å². The summed E-state index contributed by atoms with van der Waals surface area (Å²) in [4.78, 5) is 2.59. The van der Waals surface area contributed by atoms with Crippen LogP contribution >= 0.6 is 15.9 Å². The molecule has 92 valence electrons. The van der Waals surface area contributed by atoms with Crippen molar-refractivity contribution in [3.8, 4) is 0 Å². The lowest BCUT2D eigenvalue weighted by molar-refractivity contribution is 0.139.